The van der Waals surface area contributed by atoms with Gasteiger partial charge in [-0.15, -0.1) is 10.2 Å². The number of nitrogens with one attached hydrogen (secondary N) is 2. The molecule has 6 aromatic rings. The van der Waals surface area contributed by atoms with Crippen molar-refractivity contribution in [3.8, 4) is 34.1 Å². The van der Waals surface area contributed by atoms with E-state index in [0.29, 0.717) is 23.4 Å². The summed E-state index contributed by atoms with van der Waals surface area (Å²) in [5.74, 6) is 2.36. The standard InChI is InChI=1S/C33H30N8O/c1-41(2)22-21-36-33-35-20-18-29(38-33)28-13-8-19-34-32(28)42-25-16-14-24(15-17-25)37-31-27-12-7-6-11-26(27)30(39-40-31)23-9-4-3-5-10-23/h3-20H,21-22H2,1-2H3,(H,37,40)(H,35,36,38). The number of pyridine rings is 1. The first kappa shape index (κ1) is 26.8. The van der Waals surface area contributed by atoms with Gasteiger partial charge in [0.1, 0.15) is 11.4 Å². The molecule has 0 saturated heterocycles. The number of rotatable bonds is 10. The van der Waals surface area contributed by atoms with Crippen LogP contribution in [0.3, 0.4) is 0 Å². The molecule has 0 saturated carbocycles. The van der Waals surface area contributed by atoms with Crippen LogP contribution in [0.15, 0.2) is 109 Å². The Bertz CT molecular complexity index is 1790. The van der Waals surface area contributed by atoms with Crippen LogP contribution in [0, 0.1) is 0 Å². The molecule has 0 fully saturated rings. The van der Waals surface area contributed by atoms with Gasteiger partial charge in [-0.3, -0.25) is 0 Å². The maximum absolute atomic E-state index is 6.20. The van der Waals surface area contributed by atoms with E-state index < -0.39 is 0 Å². The van der Waals surface area contributed by atoms with Crippen molar-refractivity contribution in [1.29, 1.82) is 0 Å². The van der Waals surface area contributed by atoms with Crippen molar-refractivity contribution in [1.82, 2.24) is 30.0 Å². The normalized spacial score (nSPS) is 11.0. The Labute approximate surface area is 244 Å². The summed E-state index contributed by atoms with van der Waals surface area (Å²) in [6.07, 6.45) is 3.44. The molecular weight excluding hydrogens is 524 g/mol. The van der Waals surface area contributed by atoms with Crippen molar-refractivity contribution < 1.29 is 4.74 Å². The fourth-order valence-electron chi connectivity index (χ4n) is 4.51. The zero-order valence-electron chi connectivity index (χ0n) is 23.4. The molecule has 0 bridgehead atoms. The van der Waals surface area contributed by atoms with Crippen LogP contribution in [0.2, 0.25) is 0 Å². The number of anilines is 3. The summed E-state index contributed by atoms with van der Waals surface area (Å²) in [4.78, 5) is 15.6. The molecule has 9 heteroatoms. The molecule has 0 aliphatic rings. The number of benzene rings is 3. The molecule has 0 aliphatic carbocycles. The second-order valence-corrected chi connectivity index (χ2v) is 9.91. The molecule has 0 aliphatic heterocycles. The van der Waals surface area contributed by atoms with Crippen LogP contribution in [0.4, 0.5) is 17.5 Å². The maximum atomic E-state index is 6.20. The lowest BCUT2D eigenvalue weighted by molar-refractivity contribution is 0.425. The highest BCUT2D eigenvalue weighted by molar-refractivity contribution is 6.00. The lowest BCUT2D eigenvalue weighted by Crippen LogP contribution is -2.21. The number of aromatic nitrogens is 5. The van der Waals surface area contributed by atoms with Gasteiger partial charge in [0, 0.05) is 47.5 Å². The van der Waals surface area contributed by atoms with Gasteiger partial charge in [0.15, 0.2) is 5.82 Å². The van der Waals surface area contributed by atoms with Crippen molar-refractivity contribution in [3.05, 3.63) is 109 Å². The molecular formula is C33H30N8O. The van der Waals surface area contributed by atoms with Gasteiger partial charge in [0.2, 0.25) is 11.8 Å². The summed E-state index contributed by atoms with van der Waals surface area (Å²) >= 11 is 0. The largest absolute Gasteiger partial charge is 0.438 e. The summed E-state index contributed by atoms with van der Waals surface area (Å²) in [6.45, 7) is 1.62. The third kappa shape index (κ3) is 6.16. The van der Waals surface area contributed by atoms with Crippen LogP contribution in [-0.2, 0) is 0 Å². The highest BCUT2D eigenvalue weighted by atomic mass is 16.5. The molecule has 0 radical (unpaired) electrons. The first-order valence-electron chi connectivity index (χ1n) is 13.7. The number of nitrogens with zero attached hydrogens (tertiary/aromatic N) is 6. The van der Waals surface area contributed by atoms with Gasteiger partial charge >= 0.3 is 0 Å². The van der Waals surface area contributed by atoms with E-state index in [1.54, 1.807) is 12.4 Å². The van der Waals surface area contributed by atoms with Gasteiger partial charge in [-0.1, -0.05) is 54.6 Å². The minimum Gasteiger partial charge on any atom is -0.438 e. The molecule has 6 rings (SSSR count). The molecule has 208 valence electrons. The van der Waals surface area contributed by atoms with E-state index in [4.69, 9.17) is 4.74 Å². The fraction of sp³-hybridized carbons (Fsp3) is 0.121. The monoisotopic (exact) mass is 554 g/mol. The minimum atomic E-state index is 0.463. The van der Waals surface area contributed by atoms with Crippen LogP contribution in [0.1, 0.15) is 0 Å². The van der Waals surface area contributed by atoms with E-state index in [1.165, 1.54) is 0 Å². The maximum Gasteiger partial charge on any atom is 0.228 e. The molecule has 0 atom stereocenters. The number of fused-ring (bicyclic) bond motifs is 1. The van der Waals surface area contributed by atoms with Gasteiger partial charge in [-0.05, 0) is 56.6 Å². The third-order valence-electron chi connectivity index (χ3n) is 6.61. The molecule has 9 nitrogen and oxygen atoms in total. The Morgan fingerprint density at radius 1 is 0.738 bits per heavy atom. The summed E-state index contributed by atoms with van der Waals surface area (Å²) in [7, 11) is 4.06. The van der Waals surface area contributed by atoms with Crippen molar-refractivity contribution >= 4 is 28.2 Å². The average molecular weight is 555 g/mol. The second kappa shape index (κ2) is 12.4. The van der Waals surface area contributed by atoms with E-state index in [-0.39, 0.29) is 0 Å². The Morgan fingerprint density at radius 3 is 2.33 bits per heavy atom. The highest BCUT2D eigenvalue weighted by Crippen LogP contribution is 2.33. The summed E-state index contributed by atoms with van der Waals surface area (Å²) in [5, 5.41) is 17.8. The molecule has 2 N–H and O–H groups in total. The predicted octanol–water partition coefficient (Wildman–Crippen LogP) is 6.66. The first-order chi connectivity index (χ1) is 20.6. The van der Waals surface area contributed by atoms with Crippen LogP contribution in [0.25, 0.3) is 33.3 Å². The topological polar surface area (TPSA) is 101 Å². The van der Waals surface area contributed by atoms with E-state index in [2.05, 4.69) is 52.8 Å². The Kier molecular flexibility index (Phi) is 7.91. The molecule has 0 unspecified atom stereocenters. The predicted molar refractivity (Wildman–Crippen MR) is 167 cm³/mol. The Hall–Kier alpha value is -5.41. The first-order valence-corrected chi connectivity index (χ1v) is 13.7. The van der Waals surface area contributed by atoms with E-state index in [9.17, 15) is 0 Å². The van der Waals surface area contributed by atoms with Gasteiger partial charge in [0.25, 0.3) is 0 Å². The lowest BCUT2D eigenvalue weighted by Gasteiger charge is -2.13. The summed E-state index contributed by atoms with van der Waals surface area (Å²) < 4.78 is 6.20. The van der Waals surface area contributed by atoms with Crippen LogP contribution in [-0.4, -0.2) is 57.2 Å². The van der Waals surface area contributed by atoms with Crippen LogP contribution in [0.5, 0.6) is 11.6 Å². The van der Waals surface area contributed by atoms with Gasteiger partial charge in [-0.2, -0.15) is 0 Å². The molecule has 3 aromatic carbocycles. The number of likely N-dealkylation sites (N-methyl/N-ethyl adjacent to an activating group) is 1. The molecule has 0 spiro atoms. The zero-order chi connectivity index (χ0) is 28.7. The number of hydrogen-bond acceptors (Lipinski definition) is 9. The van der Waals surface area contributed by atoms with Gasteiger partial charge < -0.3 is 20.3 Å². The minimum absolute atomic E-state index is 0.463. The van der Waals surface area contributed by atoms with E-state index >= 15 is 0 Å². The summed E-state index contributed by atoms with van der Waals surface area (Å²) in [6, 6.07) is 31.6. The molecule has 3 heterocycles. The summed E-state index contributed by atoms with van der Waals surface area (Å²) in [5.41, 5.74) is 4.25. The molecule has 42 heavy (non-hydrogen) atoms. The van der Waals surface area contributed by atoms with Crippen LogP contribution >= 0.6 is 0 Å². The molecule has 0 amide bonds. The van der Waals surface area contributed by atoms with Crippen molar-refractivity contribution in [2.24, 2.45) is 0 Å². The molecule has 3 aromatic heterocycles. The van der Waals surface area contributed by atoms with E-state index in [0.717, 1.165) is 52.1 Å². The lowest BCUT2D eigenvalue weighted by atomic mass is 10.0. The van der Waals surface area contributed by atoms with Crippen LogP contribution < -0.4 is 15.4 Å². The highest BCUT2D eigenvalue weighted by Gasteiger charge is 2.13. The quantitative estimate of drug-likeness (QED) is 0.192. The smallest absolute Gasteiger partial charge is 0.228 e. The van der Waals surface area contributed by atoms with E-state index in [1.807, 2.05) is 99.0 Å². The third-order valence-corrected chi connectivity index (χ3v) is 6.61. The van der Waals surface area contributed by atoms with Gasteiger partial charge in [-0.25, -0.2) is 15.0 Å². The number of ether oxygens (including phenoxy) is 1. The Morgan fingerprint density at radius 2 is 1.52 bits per heavy atom. The van der Waals surface area contributed by atoms with Crippen molar-refractivity contribution in [2.75, 3.05) is 37.8 Å². The number of hydrogen-bond donors (Lipinski definition) is 2. The van der Waals surface area contributed by atoms with Crippen molar-refractivity contribution in [2.45, 2.75) is 0 Å². The second-order valence-electron chi connectivity index (χ2n) is 9.91. The van der Waals surface area contributed by atoms with Gasteiger partial charge in [0.05, 0.1) is 11.3 Å². The van der Waals surface area contributed by atoms with Crippen molar-refractivity contribution in [3.63, 3.8) is 0 Å². The Balaban J connectivity index is 1.20. The average Bonchev–Trinajstić information content (AvgIpc) is 3.03. The fourth-order valence-corrected chi connectivity index (χ4v) is 4.51. The zero-order valence-corrected chi connectivity index (χ0v) is 23.4. The SMILES string of the molecule is CN(C)CCNc1nccc(-c2cccnc2Oc2ccc(Nc3nnc(-c4ccccc4)c4ccccc34)cc2)n1.